The first-order valence-electron chi connectivity index (χ1n) is 7.23. The highest BCUT2D eigenvalue weighted by Crippen LogP contribution is 2.27. The van der Waals surface area contributed by atoms with Crippen molar-refractivity contribution in [3.63, 3.8) is 0 Å². The van der Waals surface area contributed by atoms with Crippen molar-refractivity contribution in [1.82, 2.24) is 10.9 Å². The van der Waals surface area contributed by atoms with Gasteiger partial charge in [-0.05, 0) is 31.0 Å². The van der Waals surface area contributed by atoms with Gasteiger partial charge in [-0.2, -0.15) is 0 Å². The molecule has 7 heteroatoms. The molecule has 22 heavy (non-hydrogen) atoms. The first-order valence-corrected chi connectivity index (χ1v) is 7.98. The molecule has 0 spiro atoms. The van der Waals surface area contributed by atoms with Crippen LogP contribution in [0.2, 0.25) is 10.0 Å². The highest BCUT2D eigenvalue weighted by molar-refractivity contribution is 6.35. The van der Waals surface area contributed by atoms with Gasteiger partial charge in [0.1, 0.15) is 5.75 Å². The highest BCUT2D eigenvalue weighted by atomic mass is 35.5. The van der Waals surface area contributed by atoms with Crippen molar-refractivity contribution in [3.05, 3.63) is 28.2 Å². The number of ether oxygens (including phenoxy) is 1. The van der Waals surface area contributed by atoms with Gasteiger partial charge in [0.15, 0.2) is 6.61 Å². The van der Waals surface area contributed by atoms with Gasteiger partial charge in [0.2, 0.25) is 5.91 Å². The second-order valence-corrected chi connectivity index (χ2v) is 6.08. The lowest BCUT2D eigenvalue weighted by Gasteiger charge is -2.20. The standard InChI is InChI=1S/C15H18Cl2N2O3/c16-11-6-7-13(12(17)8-11)22-9-14(20)18-19-15(21)10-4-2-1-3-5-10/h6-8,10H,1-5,9H2,(H,18,20)(H,19,21). The number of carbonyl (C=O) groups excluding carboxylic acids is 2. The van der Waals surface area contributed by atoms with Crippen LogP contribution >= 0.6 is 23.2 Å². The minimum absolute atomic E-state index is 0.0133. The Balaban J connectivity index is 1.72. The molecular formula is C15H18Cl2N2O3. The minimum Gasteiger partial charge on any atom is -0.482 e. The van der Waals surface area contributed by atoms with Crippen LogP contribution in [0.15, 0.2) is 18.2 Å². The van der Waals surface area contributed by atoms with E-state index in [-0.39, 0.29) is 18.4 Å². The molecule has 2 rings (SSSR count). The van der Waals surface area contributed by atoms with E-state index < -0.39 is 5.91 Å². The molecule has 1 saturated carbocycles. The molecule has 1 aromatic rings. The first kappa shape index (κ1) is 16.9. The smallest absolute Gasteiger partial charge is 0.276 e. The molecule has 1 aliphatic rings. The zero-order chi connectivity index (χ0) is 15.9. The molecular weight excluding hydrogens is 327 g/mol. The third-order valence-corrected chi connectivity index (χ3v) is 4.08. The van der Waals surface area contributed by atoms with E-state index >= 15 is 0 Å². The molecule has 1 aromatic carbocycles. The van der Waals surface area contributed by atoms with Crippen molar-refractivity contribution in [3.8, 4) is 5.75 Å². The molecule has 0 unspecified atom stereocenters. The van der Waals surface area contributed by atoms with E-state index in [2.05, 4.69) is 10.9 Å². The summed E-state index contributed by atoms with van der Waals surface area (Å²) in [6, 6.07) is 4.73. The Bertz CT molecular complexity index is 546. The number of carbonyl (C=O) groups is 2. The molecule has 2 N–H and O–H groups in total. The van der Waals surface area contributed by atoms with Gasteiger partial charge < -0.3 is 4.74 Å². The molecule has 0 radical (unpaired) electrons. The van der Waals surface area contributed by atoms with Gasteiger partial charge in [-0.15, -0.1) is 0 Å². The Hall–Kier alpha value is -1.46. The van der Waals surface area contributed by atoms with Crippen molar-refractivity contribution >= 4 is 35.0 Å². The lowest BCUT2D eigenvalue weighted by Crippen LogP contribution is -2.46. The molecule has 2 amide bonds. The van der Waals surface area contributed by atoms with Crippen LogP contribution in [0.4, 0.5) is 0 Å². The van der Waals surface area contributed by atoms with Crippen molar-refractivity contribution in [1.29, 1.82) is 0 Å². The van der Waals surface area contributed by atoms with Crippen molar-refractivity contribution in [2.24, 2.45) is 5.92 Å². The van der Waals surface area contributed by atoms with Gasteiger partial charge in [0.25, 0.3) is 5.91 Å². The fourth-order valence-corrected chi connectivity index (χ4v) is 2.83. The van der Waals surface area contributed by atoms with E-state index in [1.165, 1.54) is 12.5 Å². The van der Waals surface area contributed by atoms with Crippen molar-refractivity contribution in [2.45, 2.75) is 32.1 Å². The summed E-state index contributed by atoms with van der Waals surface area (Å²) >= 11 is 11.7. The third-order valence-electron chi connectivity index (χ3n) is 3.55. The number of hydrogen-bond donors (Lipinski definition) is 2. The van der Waals surface area contributed by atoms with Gasteiger partial charge in [0, 0.05) is 10.9 Å². The zero-order valence-corrected chi connectivity index (χ0v) is 13.5. The summed E-state index contributed by atoms with van der Waals surface area (Å²) in [6.07, 6.45) is 5.04. The SMILES string of the molecule is O=C(COc1ccc(Cl)cc1Cl)NNC(=O)C1CCCCC1. The van der Waals surface area contributed by atoms with Crippen LogP contribution in [0, 0.1) is 5.92 Å². The molecule has 1 fully saturated rings. The van der Waals surface area contributed by atoms with Crippen LogP contribution in [0.3, 0.4) is 0 Å². The normalized spacial score (nSPS) is 15.2. The minimum atomic E-state index is -0.449. The van der Waals surface area contributed by atoms with Crippen LogP contribution in [0.1, 0.15) is 32.1 Å². The zero-order valence-electron chi connectivity index (χ0n) is 12.0. The Morgan fingerprint density at radius 2 is 1.86 bits per heavy atom. The molecule has 0 bridgehead atoms. The van der Waals surface area contributed by atoms with E-state index in [9.17, 15) is 9.59 Å². The van der Waals surface area contributed by atoms with E-state index in [0.29, 0.717) is 15.8 Å². The van der Waals surface area contributed by atoms with Gasteiger partial charge in [-0.3, -0.25) is 20.4 Å². The highest BCUT2D eigenvalue weighted by Gasteiger charge is 2.21. The molecule has 120 valence electrons. The van der Waals surface area contributed by atoms with Crippen LogP contribution in [0.5, 0.6) is 5.75 Å². The summed E-state index contributed by atoms with van der Waals surface area (Å²) in [4.78, 5) is 23.5. The Labute approximate surface area is 139 Å². The number of hydrazine groups is 1. The largest absolute Gasteiger partial charge is 0.482 e. The maximum atomic E-state index is 11.9. The lowest BCUT2D eigenvalue weighted by atomic mass is 9.89. The maximum Gasteiger partial charge on any atom is 0.276 e. The van der Waals surface area contributed by atoms with E-state index in [4.69, 9.17) is 27.9 Å². The average Bonchev–Trinajstić information content (AvgIpc) is 2.52. The number of rotatable bonds is 4. The molecule has 1 aliphatic carbocycles. The van der Waals surface area contributed by atoms with Gasteiger partial charge >= 0.3 is 0 Å². The molecule has 5 nitrogen and oxygen atoms in total. The predicted molar refractivity (Wildman–Crippen MR) is 84.8 cm³/mol. The lowest BCUT2D eigenvalue weighted by molar-refractivity contribution is -0.132. The van der Waals surface area contributed by atoms with Crippen LogP contribution < -0.4 is 15.6 Å². The summed E-state index contributed by atoms with van der Waals surface area (Å²) in [7, 11) is 0. The van der Waals surface area contributed by atoms with E-state index in [1.807, 2.05) is 0 Å². The van der Waals surface area contributed by atoms with Crippen LogP contribution in [-0.2, 0) is 9.59 Å². The monoisotopic (exact) mass is 344 g/mol. The molecule has 0 aliphatic heterocycles. The summed E-state index contributed by atoms with van der Waals surface area (Å²) in [5, 5.41) is 0.813. The fourth-order valence-electron chi connectivity index (χ4n) is 2.37. The molecule has 0 heterocycles. The van der Waals surface area contributed by atoms with Crippen molar-refractivity contribution in [2.75, 3.05) is 6.61 Å². The first-order chi connectivity index (χ1) is 10.6. The number of hydrogen-bond acceptors (Lipinski definition) is 3. The van der Waals surface area contributed by atoms with Crippen molar-refractivity contribution < 1.29 is 14.3 Å². The number of amides is 2. The van der Waals surface area contributed by atoms with Crippen LogP contribution in [-0.4, -0.2) is 18.4 Å². The molecule has 0 saturated heterocycles. The number of nitrogens with one attached hydrogen (secondary N) is 2. The molecule has 0 aromatic heterocycles. The fraction of sp³-hybridized carbons (Fsp3) is 0.467. The Morgan fingerprint density at radius 1 is 1.14 bits per heavy atom. The van der Waals surface area contributed by atoms with Gasteiger partial charge in [-0.25, -0.2) is 0 Å². The second-order valence-electron chi connectivity index (χ2n) is 5.24. The summed E-state index contributed by atoms with van der Waals surface area (Å²) in [6.45, 7) is -0.244. The Morgan fingerprint density at radius 3 is 2.55 bits per heavy atom. The quantitative estimate of drug-likeness (QED) is 0.824. The van der Waals surface area contributed by atoms with Crippen LogP contribution in [0.25, 0.3) is 0 Å². The summed E-state index contributed by atoms with van der Waals surface area (Å²) in [5.41, 5.74) is 4.79. The summed E-state index contributed by atoms with van der Waals surface area (Å²) < 4.78 is 5.28. The topological polar surface area (TPSA) is 67.4 Å². The number of halogens is 2. The second kappa shape index (κ2) is 8.25. The summed E-state index contributed by atoms with van der Waals surface area (Å²) in [5.74, 6) is -0.242. The van der Waals surface area contributed by atoms with Gasteiger partial charge in [0.05, 0.1) is 5.02 Å². The molecule has 0 atom stereocenters. The number of benzene rings is 1. The van der Waals surface area contributed by atoms with E-state index in [0.717, 1.165) is 25.7 Å². The average molecular weight is 345 g/mol. The third kappa shape index (κ3) is 5.07. The Kier molecular flexibility index (Phi) is 6.34. The maximum absolute atomic E-state index is 11.9. The van der Waals surface area contributed by atoms with E-state index in [1.54, 1.807) is 12.1 Å². The predicted octanol–water partition coefficient (Wildman–Crippen LogP) is 3.10. The van der Waals surface area contributed by atoms with Gasteiger partial charge in [-0.1, -0.05) is 42.5 Å².